The maximum Gasteiger partial charge on any atom is 0.213 e. The third-order valence-corrected chi connectivity index (χ3v) is 19.4. The van der Waals surface area contributed by atoms with Gasteiger partial charge in [0.15, 0.2) is 29.0 Å². The van der Waals surface area contributed by atoms with Gasteiger partial charge < -0.3 is 34.1 Å². The van der Waals surface area contributed by atoms with E-state index in [-0.39, 0.29) is 59.5 Å². The standard InChI is InChI=1S/C38H42N8O4.C22H26N4O3.C16H17ClN4O/c1-25(2)50-35-10-7-28(21-42-35)36-30-19-26(5-8-31(30)43-44-36)20-33(48)38(49-3)13-18-45(24-38)23-32(47)27-11-16-46(17-12-27)34-9-6-29(22-41-34)37-39-14-4-15-40-37;1-14(2)29-20-7-5-16(12-24-20)21-17-10-15(4-6-18(17)25-26-21)11-19(27)22(28-3)8-9-23-13-22;17-10-14(22)12-4-8-21(9-5-12)15-3-2-13(11-20-15)16-18-6-1-7-19-16/h4-10,14-15,19,21-22,25,27H,11-13,16-18,20,23-24H2,1-3H3,(H,43,44);4-7,10,12,14,23H,8-9,11,13H2,1-3H3,(H,25,26);1-3,6-7,11-12H,4-5,8-10H2/t38-;22-;/m00./s1. The van der Waals surface area contributed by atoms with Crippen LogP contribution < -0.4 is 24.6 Å². The van der Waals surface area contributed by atoms with E-state index in [1.807, 2.05) is 113 Å². The number of fused-ring (bicyclic) bond motifs is 2. The Labute approximate surface area is 591 Å². The van der Waals surface area contributed by atoms with Gasteiger partial charge in [0.05, 0.1) is 35.7 Å². The van der Waals surface area contributed by atoms with Crippen LogP contribution in [0.4, 0.5) is 11.6 Å². The highest BCUT2D eigenvalue weighted by atomic mass is 35.5. The van der Waals surface area contributed by atoms with Crippen molar-refractivity contribution in [3.63, 3.8) is 0 Å². The number of carbonyl (C=O) groups excluding carboxylic acids is 4. The third-order valence-electron chi connectivity index (χ3n) is 19.1. The minimum Gasteiger partial charge on any atom is -0.475 e. The Balaban J connectivity index is 0.000000159. The lowest BCUT2D eigenvalue weighted by molar-refractivity contribution is -0.139. The zero-order chi connectivity index (χ0) is 70.5. The molecule has 8 aromatic heterocycles. The molecule has 0 unspecified atom stereocenters. The van der Waals surface area contributed by atoms with Gasteiger partial charge in [0.25, 0.3) is 0 Å². The molecule has 2 atom stereocenters. The van der Waals surface area contributed by atoms with Crippen molar-refractivity contribution in [1.82, 2.24) is 70.5 Å². The van der Waals surface area contributed by atoms with Crippen LogP contribution in [0.3, 0.4) is 0 Å². The van der Waals surface area contributed by atoms with E-state index in [0.29, 0.717) is 68.9 Å². The second-order valence-corrected chi connectivity index (χ2v) is 26.8. The summed E-state index contributed by atoms with van der Waals surface area (Å²) >= 11 is 5.63. The van der Waals surface area contributed by atoms with Crippen LogP contribution in [0.1, 0.15) is 77.3 Å². The van der Waals surface area contributed by atoms with Gasteiger partial charge in [-0.15, -0.1) is 11.6 Å². The van der Waals surface area contributed by atoms with Gasteiger partial charge >= 0.3 is 0 Å². The van der Waals surface area contributed by atoms with E-state index >= 15 is 0 Å². The summed E-state index contributed by atoms with van der Waals surface area (Å²) in [6, 6.07) is 31.0. The molecule has 4 aliphatic rings. The summed E-state index contributed by atoms with van der Waals surface area (Å²) in [7, 11) is 3.21. The van der Waals surface area contributed by atoms with Gasteiger partial charge in [0.1, 0.15) is 40.0 Å². The normalized spacial score (nSPS) is 18.1. The Bertz CT molecular complexity index is 4410. The van der Waals surface area contributed by atoms with Crippen LogP contribution in [0.25, 0.3) is 67.1 Å². The Morgan fingerprint density at radius 2 is 0.990 bits per heavy atom. The number of likely N-dealkylation sites (tertiary alicyclic amines) is 1. The molecule has 4 saturated heterocycles. The van der Waals surface area contributed by atoms with Crippen molar-refractivity contribution >= 4 is 68.2 Å². The molecule has 0 radical (unpaired) electrons. The molecule has 10 aromatic rings. The topological polar surface area (TPSA) is 287 Å². The number of ketones is 4. The van der Waals surface area contributed by atoms with E-state index < -0.39 is 11.2 Å². The van der Waals surface area contributed by atoms with Gasteiger partial charge in [-0.25, -0.2) is 39.9 Å². The number of nitrogens with zero attached hydrogens (tertiary/aromatic N) is 13. The van der Waals surface area contributed by atoms with Gasteiger partial charge in [-0.2, -0.15) is 10.2 Å². The fourth-order valence-corrected chi connectivity index (χ4v) is 13.7. The first-order valence-corrected chi connectivity index (χ1v) is 35.0. The van der Waals surface area contributed by atoms with E-state index in [2.05, 4.69) is 80.3 Å². The smallest absolute Gasteiger partial charge is 0.213 e. The Morgan fingerprint density at radius 3 is 1.40 bits per heavy atom. The van der Waals surface area contributed by atoms with Crippen molar-refractivity contribution in [1.29, 1.82) is 0 Å². The van der Waals surface area contributed by atoms with E-state index in [4.69, 9.17) is 30.5 Å². The molecular weight excluding hydrogens is 1300 g/mol. The quantitative estimate of drug-likeness (QED) is 0.0502. The first-order valence-electron chi connectivity index (χ1n) is 34.5. The number of carbonyl (C=O) groups is 4. The largest absolute Gasteiger partial charge is 0.475 e. The van der Waals surface area contributed by atoms with Gasteiger partial charge in [0.2, 0.25) is 11.8 Å². The number of halogens is 1. The number of piperidine rings is 2. The van der Waals surface area contributed by atoms with Gasteiger partial charge in [-0.05, 0) is 157 Å². The third kappa shape index (κ3) is 17.1. The number of alkyl halides is 1. The first kappa shape index (κ1) is 71.0. The predicted molar refractivity (Wildman–Crippen MR) is 387 cm³/mol. The highest BCUT2D eigenvalue weighted by Gasteiger charge is 2.45. The molecule has 524 valence electrons. The number of pyridine rings is 4. The number of anilines is 2. The van der Waals surface area contributed by atoms with Crippen molar-refractivity contribution in [2.24, 2.45) is 11.8 Å². The molecule has 14 rings (SSSR count). The number of hydrogen-bond donors (Lipinski definition) is 3. The van der Waals surface area contributed by atoms with Crippen LogP contribution in [0.2, 0.25) is 0 Å². The molecule has 0 spiro atoms. The second kappa shape index (κ2) is 32.6. The summed E-state index contributed by atoms with van der Waals surface area (Å²) in [4.78, 5) is 93.3. The lowest BCUT2D eigenvalue weighted by atomic mass is 9.91. The number of aromatic nitrogens is 12. The van der Waals surface area contributed by atoms with E-state index in [0.717, 1.165) is 137 Å². The average molecular weight is 1390 g/mol. The van der Waals surface area contributed by atoms with Crippen molar-refractivity contribution in [2.45, 2.75) is 102 Å². The lowest BCUT2D eigenvalue weighted by Gasteiger charge is -2.33. The van der Waals surface area contributed by atoms with Crippen molar-refractivity contribution in [2.75, 3.05) is 88.8 Å². The second-order valence-electron chi connectivity index (χ2n) is 26.5. The number of H-pyrrole nitrogens is 2. The number of benzene rings is 2. The number of rotatable bonds is 23. The van der Waals surface area contributed by atoms with Crippen LogP contribution in [-0.2, 0) is 41.5 Å². The highest BCUT2D eigenvalue weighted by molar-refractivity contribution is 6.27. The molecule has 2 aromatic carbocycles. The molecule has 4 aliphatic heterocycles. The zero-order valence-electron chi connectivity index (χ0n) is 57.9. The van der Waals surface area contributed by atoms with Crippen LogP contribution in [0.5, 0.6) is 11.8 Å². The number of nitrogens with one attached hydrogen (secondary N) is 3. The minimum atomic E-state index is -0.948. The molecule has 24 nitrogen and oxygen atoms in total. The highest BCUT2D eigenvalue weighted by Crippen LogP contribution is 2.34. The summed E-state index contributed by atoms with van der Waals surface area (Å²) in [6.45, 7) is 13.8. The Hall–Kier alpha value is -9.85. The predicted octanol–water partition coefficient (Wildman–Crippen LogP) is 10.4. The van der Waals surface area contributed by atoms with Crippen LogP contribution >= 0.6 is 11.6 Å². The SMILES string of the molecule is CO[C@@]1(C(=O)Cc2ccc3[nH]nc(-c4ccc(OC(C)C)nc4)c3c2)CCN(CC(=O)C2CCN(c3ccc(-c4ncccn4)cn3)CC2)C1.CO[C@@]1(C(=O)Cc2ccc3[nH]nc(-c4ccc(OC(C)C)nc4)c3c2)CCNC1.O=C(CCl)C1CCN(c2ccc(-c3ncccn3)cn2)CC1. The molecule has 0 aliphatic carbocycles. The molecular formula is C76H85ClN16O8. The molecule has 0 amide bonds. The fraction of sp³-hybridized carbons (Fsp3) is 0.395. The monoisotopic (exact) mass is 1380 g/mol. The number of ether oxygens (including phenoxy) is 4. The molecule has 3 N–H and O–H groups in total. The Kier molecular flexibility index (Phi) is 22.9. The van der Waals surface area contributed by atoms with Gasteiger partial charge in [-0.3, -0.25) is 34.3 Å². The maximum atomic E-state index is 13.8. The number of methoxy groups -OCH3 is 2. The maximum absolute atomic E-state index is 13.8. The van der Waals surface area contributed by atoms with E-state index in [1.54, 1.807) is 75.9 Å². The molecule has 25 heteroatoms. The molecule has 4 fully saturated rings. The number of Topliss-reactive ketones (excluding diaryl/α,β-unsaturated/α-hetero) is 4. The fourth-order valence-electron chi connectivity index (χ4n) is 13.5. The van der Waals surface area contributed by atoms with E-state index in [1.165, 1.54) is 0 Å². The van der Waals surface area contributed by atoms with Crippen LogP contribution in [0.15, 0.2) is 147 Å². The lowest BCUT2D eigenvalue weighted by Crippen LogP contribution is -2.46. The van der Waals surface area contributed by atoms with Crippen LogP contribution in [-0.4, -0.2) is 191 Å². The zero-order valence-corrected chi connectivity index (χ0v) is 58.6. The molecule has 0 saturated carbocycles. The van der Waals surface area contributed by atoms with Crippen LogP contribution in [0, 0.1) is 11.8 Å². The van der Waals surface area contributed by atoms with E-state index in [9.17, 15) is 19.2 Å². The summed E-state index contributed by atoms with van der Waals surface area (Å²) in [6.07, 6.45) is 19.1. The van der Waals surface area contributed by atoms with Crippen molar-refractivity contribution in [3.8, 4) is 57.1 Å². The summed E-state index contributed by atoms with van der Waals surface area (Å²) in [5.41, 5.74) is 7.06. The van der Waals surface area contributed by atoms with Gasteiger partial charge in [0, 0.05) is 179 Å². The average Bonchev–Trinajstić information content (AvgIpc) is 1.50. The number of aromatic amines is 2. The number of hydrogen-bond acceptors (Lipinski definition) is 22. The summed E-state index contributed by atoms with van der Waals surface area (Å²) < 4.78 is 22.8. The van der Waals surface area contributed by atoms with Crippen molar-refractivity contribution in [3.05, 3.63) is 158 Å². The minimum absolute atomic E-state index is 0.0125. The van der Waals surface area contributed by atoms with Gasteiger partial charge in [-0.1, -0.05) is 12.1 Å². The first-order chi connectivity index (χ1) is 49.1. The molecule has 101 heavy (non-hydrogen) atoms. The van der Waals surface area contributed by atoms with Crippen molar-refractivity contribution < 1.29 is 38.1 Å². The Morgan fingerprint density at radius 1 is 0.535 bits per heavy atom. The molecule has 12 heterocycles. The summed E-state index contributed by atoms with van der Waals surface area (Å²) in [5.74, 6) is 5.01. The molecule has 0 bridgehead atoms. The summed E-state index contributed by atoms with van der Waals surface area (Å²) in [5, 5.41) is 20.2.